The molecule has 138 valence electrons. The number of hydrogen-bond acceptors (Lipinski definition) is 5. The maximum absolute atomic E-state index is 11.8. The second kappa shape index (κ2) is 10.5. The highest BCUT2D eigenvalue weighted by Crippen LogP contribution is 2.14. The van der Waals surface area contributed by atoms with Gasteiger partial charge < -0.3 is 20.3 Å². The van der Waals surface area contributed by atoms with Gasteiger partial charge in [0.05, 0.1) is 6.61 Å². The summed E-state index contributed by atoms with van der Waals surface area (Å²) in [7, 11) is 0. The second-order valence-electron chi connectivity index (χ2n) is 5.59. The summed E-state index contributed by atoms with van der Waals surface area (Å²) in [6.45, 7) is 0.0763. The molecule has 2 aromatic carbocycles. The molecule has 0 heterocycles. The maximum atomic E-state index is 11.8. The first-order valence-electron chi connectivity index (χ1n) is 8.05. The van der Waals surface area contributed by atoms with Crippen molar-refractivity contribution in [3.8, 4) is 0 Å². The van der Waals surface area contributed by atoms with Gasteiger partial charge in [0, 0.05) is 11.5 Å². The number of aliphatic hydroxyl groups excluding tert-OH is 1. The number of carbonyl (C=O) groups is 2. The van der Waals surface area contributed by atoms with Crippen LogP contribution in [0.25, 0.3) is 0 Å². The third-order valence-electron chi connectivity index (χ3n) is 3.56. The van der Waals surface area contributed by atoms with Crippen molar-refractivity contribution >= 4 is 23.8 Å². The zero-order valence-corrected chi connectivity index (χ0v) is 14.9. The normalized spacial score (nSPS) is 11.6. The summed E-state index contributed by atoms with van der Waals surface area (Å²) in [5, 5.41) is 20.7. The Morgan fingerprint density at radius 2 is 1.65 bits per heavy atom. The van der Waals surface area contributed by atoms with Gasteiger partial charge in [0.25, 0.3) is 0 Å². The Morgan fingerprint density at radius 3 is 2.27 bits per heavy atom. The van der Waals surface area contributed by atoms with Crippen LogP contribution in [-0.4, -0.2) is 34.1 Å². The summed E-state index contributed by atoms with van der Waals surface area (Å²) in [5.41, 5.74) is 2.67. The van der Waals surface area contributed by atoms with Crippen molar-refractivity contribution in [3.05, 3.63) is 71.3 Å². The molecule has 2 aromatic rings. The first-order chi connectivity index (χ1) is 12.6. The number of aliphatic hydroxyl groups is 1. The molecular weight excluding hydrogens is 354 g/mol. The van der Waals surface area contributed by atoms with Gasteiger partial charge in [-0.3, -0.25) is 0 Å². The molecule has 0 saturated heterocycles. The van der Waals surface area contributed by atoms with E-state index < -0.39 is 18.1 Å². The van der Waals surface area contributed by atoms with E-state index in [2.05, 4.69) is 5.32 Å². The topological polar surface area (TPSA) is 95.9 Å². The fourth-order valence-corrected chi connectivity index (χ4v) is 3.12. The van der Waals surface area contributed by atoms with Gasteiger partial charge in [-0.05, 0) is 16.7 Å². The van der Waals surface area contributed by atoms with Crippen LogP contribution >= 0.6 is 11.8 Å². The summed E-state index contributed by atoms with van der Waals surface area (Å²) in [4.78, 5) is 23.1. The third-order valence-corrected chi connectivity index (χ3v) is 4.67. The number of amides is 1. The molecule has 2 rings (SSSR count). The van der Waals surface area contributed by atoms with Crippen molar-refractivity contribution in [2.75, 3.05) is 5.75 Å². The number of thioether (sulfide) groups is 1. The van der Waals surface area contributed by atoms with Crippen molar-refractivity contribution in [3.63, 3.8) is 0 Å². The molecule has 0 fully saturated rings. The van der Waals surface area contributed by atoms with Crippen LogP contribution in [-0.2, 0) is 28.5 Å². The summed E-state index contributed by atoms with van der Waals surface area (Å²) >= 11 is 1.40. The average molecular weight is 375 g/mol. The Bertz CT molecular complexity index is 706. The van der Waals surface area contributed by atoms with E-state index in [1.807, 2.05) is 54.6 Å². The van der Waals surface area contributed by atoms with Gasteiger partial charge in [-0.1, -0.05) is 54.6 Å². The van der Waals surface area contributed by atoms with E-state index in [4.69, 9.17) is 9.84 Å². The van der Waals surface area contributed by atoms with E-state index in [0.29, 0.717) is 5.75 Å². The van der Waals surface area contributed by atoms with Crippen molar-refractivity contribution in [1.29, 1.82) is 0 Å². The number of alkyl carbamates (subject to hydrolysis) is 1. The van der Waals surface area contributed by atoms with Crippen molar-refractivity contribution in [2.24, 2.45) is 0 Å². The van der Waals surface area contributed by atoms with E-state index in [0.717, 1.165) is 16.7 Å². The van der Waals surface area contributed by atoms with E-state index in [9.17, 15) is 14.7 Å². The molecule has 0 radical (unpaired) electrons. The van der Waals surface area contributed by atoms with Crippen LogP contribution in [0.5, 0.6) is 0 Å². The van der Waals surface area contributed by atoms with Crippen LogP contribution in [0.15, 0.2) is 54.6 Å². The van der Waals surface area contributed by atoms with Gasteiger partial charge in [0.2, 0.25) is 0 Å². The Balaban J connectivity index is 1.76. The van der Waals surface area contributed by atoms with Crippen molar-refractivity contribution < 1.29 is 24.5 Å². The van der Waals surface area contributed by atoms with Crippen LogP contribution in [0, 0.1) is 0 Å². The van der Waals surface area contributed by atoms with Gasteiger partial charge in [-0.15, -0.1) is 0 Å². The molecule has 0 aliphatic carbocycles. The minimum atomic E-state index is -1.11. The molecule has 1 atom stereocenters. The van der Waals surface area contributed by atoms with E-state index in [-0.39, 0.29) is 19.0 Å². The number of benzene rings is 2. The minimum Gasteiger partial charge on any atom is -0.480 e. The predicted octanol–water partition coefficient (Wildman–Crippen LogP) is 2.79. The monoisotopic (exact) mass is 375 g/mol. The van der Waals surface area contributed by atoms with E-state index >= 15 is 0 Å². The zero-order chi connectivity index (χ0) is 18.8. The van der Waals surface area contributed by atoms with Crippen LogP contribution in [0.1, 0.15) is 16.7 Å². The lowest BCUT2D eigenvalue weighted by molar-refractivity contribution is -0.138. The van der Waals surface area contributed by atoms with Crippen LogP contribution in [0.4, 0.5) is 4.79 Å². The average Bonchev–Trinajstić information content (AvgIpc) is 2.67. The summed E-state index contributed by atoms with van der Waals surface area (Å²) < 4.78 is 5.05. The largest absolute Gasteiger partial charge is 0.480 e. The van der Waals surface area contributed by atoms with E-state index in [1.54, 1.807) is 0 Å². The Labute approximate surface area is 156 Å². The van der Waals surface area contributed by atoms with Crippen molar-refractivity contribution in [2.45, 2.75) is 25.0 Å². The van der Waals surface area contributed by atoms with Crippen LogP contribution < -0.4 is 5.32 Å². The highest BCUT2D eigenvalue weighted by Gasteiger charge is 2.20. The minimum absolute atomic E-state index is 0.0104. The first-order valence-corrected chi connectivity index (χ1v) is 9.20. The Morgan fingerprint density at radius 1 is 1.00 bits per heavy atom. The Hall–Kier alpha value is -2.51. The van der Waals surface area contributed by atoms with Gasteiger partial charge >= 0.3 is 12.1 Å². The second-order valence-corrected chi connectivity index (χ2v) is 6.62. The number of ether oxygens (including phenoxy) is 1. The molecule has 1 unspecified atom stereocenters. The standard InChI is InChI=1S/C19H21NO5S/c21-10-14-6-8-16(9-7-14)12-26-13-17(18(22)23)20-19(24)25-11-15-4-2-1-3-5-15/h1-9,17,21H,10-13H2,(H,20,24)(H,22,23). The molecule has 0 aliphatic rings. The number of aliphatic carboxylic acids is 1. The number of carbonyl (C=O) groups excluding carboxylic acids is 1. The summed E-state index contributed by atoms with van der Waals surface area (Å²) in [5.74, 6) is -0.280. The van der Waals surface area contributed by atoms with Gasteiger partial charge in [0.15, 0.2) is 0 Å². The van der Waals surface area contributed by atoms with Crippen LogP contribution in [0.3, 0.4) is 0 Å². The van der Waals surface area contributed by atoms with Gasteiger partial charge in [0.1, 0.15) is 12.6 Å². The Kier molecular flexibility index (Phi) is 7.98. The quantitative estimate of drug-likeness (QED) is 0.624. The highest BCUT2D eigenvalue weighted by molar-refractivity contribution is 7.98. The molecule has 7 heteroatoms. The first kappa shape index (κ1) is 19.8. The molecule has 0 saturated carbocycles. The fourth-order valence-electron chi connectivity index (χ4n) is 2.12. The highest BCUT2D eigenvalue weighted by atomic mass is 32.2. The smallest absolute Gasteiger partial charge is 0.408 e. The molecule has 26 heavy (non-hydrogen) atoms. The number of carboxylic acid groups (broad SMARTS) is 1. The lowest BCUT2D eigenvalue weighted by Crippen LogP contribution is -2.42. The molecule has 0 aromatic heterocycles. The SMILES string of the molecule is O=C(NC(CSCc1ccc(CO)cc1)C(=O)O)OCc1ccccc1. The van der Waals surface area contributed by atoms with E-state index in [1.165, 1.54) is 11.8 Å². The predicted molar refractivity (Wildman–Crippen MR) is 99.7 cm³/mol. The van der Waals surface area contributed by atoms with Gasteiger partial charge in [-0.25, -0.2) is 9.59 Å². The zero-order valence-electron chi connectivity index (χ0n) is 14.1. The molecule has 1 amide bonds. The van der Waals surface area contributed by atoms with Crippen molar-refractivity contribution in [1.82, 2.24) is 5.32 Å². The lowest BCUT2D eigenvalue weighted by atomic mass is 10.2. The number of hydrogen-bond donors (Lipinski definition) is 3. The fraction of sp³-hybridized carbons (Fsp3) is 0.263. The van der Waals surface area contributed by atoms with Gasteiger partial charge in [-0.2, -0.15) is 11.8 Å². The number of rotatable bonds is 9. The molecular formula is C19H21NO5S. The summed E-state index contributed by atoms with van der Waals surface area (Å²) in [6.07, 6.45) is -0.755. The number of carboxylic acids is 1. The molecule has 0 aliphatic heterocycles. The summed E-state index contributed by atoms with van der Waals surface area (Å²) in [6, 6.07) is 15.6. The molecule has 0 bridgehead atoms. The molecule has 6 nitrogen and oxygen atoms in total. The maximum Gasteiger partial charge on any atom is 0.408 e. The third kappa shape index (κ3) is 6.78. The molecule has 3 N–H and O–H groups in total. The number of nitrogens with one attached hydrogen (secondary N) is 1. The molecule has 0 spiro atoms. The van der Waals surface area contributed by atoms with Crippen LogP contribution in [0.2, 0.25) is 0 Å². The lowest BCUT2D eigenvalue weighted by Gasteiger charge is -2.14.